The molecule has 3 nitrogen and oxygen atoms in total. The number of rotatable bonds is 7. The third kappa shape index (κ3) is 4.22. The summed E-state index contributed by atoms with van der Waals surface area (Å²) < 4.78 is 13.4. The first-order valence-electron chi connectivity index (χ1n) is 5.92. The van der Waals surface area contributed by atoms with Crippen LogP contribution in [-0.4, -0.2) is 28.6 Å². The van der Waals surface area contributed by atoms with Crippen LogP contribution < -0.4 is 5.32 Å². The second-order valence-electron chi connectivity index (χ2n) is 4.00. The van der Waals surface area contributed by atoms with Crippen LogP contribution in [0.1, 0.15) is 30.6 Å². The zero-order valence-corrected chi connectivity index (χ0v) is 11.4. The van der Waals surface area contributed by atoms with E-state index in [0.29, 0.717) is 5.69 Å². The molecule has 1 aromatic carbocycles. The highest BCUT2D eigenvalue weighted by Crippen LogP contribution is 2.20. The van der Waals surface area contributed by atoms with Crippen molar-refractivity contribution in [3.63, 3.8) is 0 Å². The number of carboxylic acids is 1. The monoisotopic (exact) mass is 271 g/mol. The van der Waals surface area contributed by atoms with Gasteiger partial charge in [-0.3, -0.25) is 0 Å². The maximum atomic E-state index is 13.4. The fourth-order valence-electron chi connectivity index (χ4n) is 1.60. The lowest BCUT2D eigenvalue weighted by atomic mass is 10.1. The smallest absolute Gasteiger partial charge is 0.340 e. The minimum absolute atomic E-state index is 0.115. The maximum absolute atomic E-state index is 13.4. The highest BCUT2D eigenvalue weighted by atomic mass is 32.2. The predicted octanol–water partition coefficient (Wildman–Crippen LogP) is 3.47. The van der Waals surface area contributed by atoms with Crippen molar-refractivity contribution in [1.29, 1.82) is 0 Å². The molecule has 1 unspecified atom stereocenters. The number of carboxylic acid groups (broad SMARTS) is 1. The lowest BCUT2D eigenvalue weighted by Gasteiger charge is -2.16. The first-order valence-corrected chi connectivity index (χ1v) is 7.07. The van der Waals surface area contributed by atoms with Gasteiger partial charge in [0.25, 0.3) is 0 Å². The quantitative estimate of drug-likeness (QED) is 0.746. The van der Waals surface area contributed by atoms with Gasteiger partial charge in [0.15, 0.2) is 0 Å². The molecule has 18 heavy (non-hydrogen) atoms. The van der Waals surface area contributed by atoms with Crippen molar-refractivity contribution in [1.82, 2.24) is 0 Å². The van der Waals surface area contributed by atoms with E-state index in [1.165, 1.54) is 6.07 Å². The van der Waals surface area contributed by atoms with Gasteiger partial charge >= 0.3 is 5.97 Å². The van der Waals surface area contributed by atoms with Gasteiger partial charge in [-0.15, -0.1) is 0 Å². The molecule has 0 heterocycles. The number of benzene rings is 1. The molecule has 0 aliphatic heterocycles. The van der Waals surface area contributed by atoms with Crippen LogP contribution >= 0.6 is 11.8 Å². The molecule has 0 bridgehead atoms. The first kappa shape index (κ1) is 14.8. The van der Waals surface area contributed by atoms with Gasteiger partial charge in [-0.2, -0.15) is 11.8 Å². The largest absolute Gasteiger partial charge is 0.478 e. The molecule has 0 saturated carbocycles. The standard InChI is InChI=1S/C13H18FNO2S/c1-3-18-8-7-9(2)15-11-6-4-5-10(14)12(11)13(16)17/h4-6,9,15H,3,7-8H2,1-2H3,(H,16,17). The number of nitrogens with one attached hydrogen (secondary N) is 1. The van der Waals surface area contributed by atoms with Crippen LogP contribution in [0, 0.1) is 5.82 Å². The summed E-state index contributed by atoms with van der Waals surface area (Å²) in [6.07, 6.45) is 0.911. The van der Waals surface area contributed by atoms with E-state index in [0.717, 1.165) is 24.0 Å². The lowest BCUT2D eigenvalue weighted by Crippen LogP contribution is -2.18. The fourth-order valence-corrected chi connectivity index (χ4v) is 2.41. The molecule has 1 atom stereocenters. The number of aromatic carboxylic acids is 1. The number of hydrogen-bond acceptors (Lipinski definition) is 3. The van der Waals surface area contributed by atoms with Crippen LogP contribution in [0.15, 0.2) is 18.2 Å². The molecular weight excluding hydrogens is 253 g/mol. The number of anilines is 1. The maximum Gasteiger partial charge on any atom is 0.340 e. The molecule has 0 fully saturated rings. The Hall–Kier alpha value is -1.23. The Morgan fingerprint density at radius 3 is 2.89 bits per heavy atom. The van der Waals surface area contributed by atoms with Gasteiger partial charge in [0.05, 0.1) is 5.69 Å². The van der Waals surface area contributed by atoms with E-state index in [-0.39, 0.29) is 11.6 Å². The number of halogens is 1. The van der Waals surface area contributed by atoms with Crippen LogP contribution in [0.3, 0.4) is 0 Å². The average Bonchev–Trinajstić information content (AvgIpc) is 2.28. The zero-order valence-electron chi connectivity index (χ0n) is 10.6. The van der Waals surface area contributed by atoms with Crippen molar-refractivity contribution < 1.29 is 14.3 Å². The number of carbonyl (C=O) groups is 1. The van der Waals surface area contributed by atoms with Gasteiger partial charge in [-0.25, -0.2) is 9.18 Å². The molecule has 0 saturated heterocycles. The molecule has 5 heteroatoms. The molecular formula is C13H18FNO2S. The van der Waals surface area contributed by atoms with Crippen molar-refractivity contribution in [2.24, 2.45) is 0 Å². The predicted molar refractivity (Wildman–Crippen MR) is 74.1 cm³/mol. The SMILES string of the molecule is CCSCCC(C)Nc1cccc(F)c1C(=O)O. The minimum atomic E-state index is -1.24. The second-order valence-corrected chi connectivity index (χ2v) is 5.39. The van der Waals surface area contributed by atoms with E-state index < -0.39 is 11.8 Å². The topological polar surface area (TPSA) is 49.3 Å². The fraction of sp³-hybridized carbons (Fsp3) is 0.462. The van der Waals surface area contributed by atoms with E-state index in [9.17, 15) is 9.18 Å². The Balaban J connectivity index is 2.72. The molecule has 1 aromatic rings. The van der Waals surface area contributed by atoms with E-state index in [4.69, 9.17) is 5.11 Å². The molecule has 100 valence electrons. The summed E-state index contributed by atoms with van der Waals surface area (Å²) in [4.78, 5) is 11.0. The Bertz CT molecular complexity index is 412. The minimum Gasteiger partial charge on any atom is -0.478 e. The van der Waals surface area contributed by atoms with Crippen molar-refractivity contribution in [2.75, 3.05) is 16.8 Å². The number of thioether (sulfide) groups is 1. The van der Waals surface area contributed by atoms with E-state index in [2.05, 4.69) is 12.2 Å². The van der Waals surface area contributed by atoms with E-state index in [1.807, 2.05) is 18.7 Å². The van der Waals surface area contributed by atoms with Gasteiger partial charge < -0.3 is 10.4 Å². The van der Waals surface area contributed by atoms with Gasteiger partial charge in [0, 0.05) is 6.04 Å². The summed E-state index contributed by atoms with van der Waals surface area (Å²) >= 11 is 1.83. The Morgan fingerprint density at radius 2 is 2.28 bits per heavy atom. The molecule has 0 aliphatic rings. The third-order valence-electron chi connectivity index (χ3n) is 2.53. The molecule has 0 aliphatic carbocycles. The molecule has 0 aromatic heterocycles. The van der Waals surface area contributed by atoms with Gasteiger partial charge in [0.1, 0.15) is 11.4 Å². The van der Waals surface area contributed by atoms with Crippen molar-refractivity contribution in [3.8, 4) is 0 Å². The highest BCUT2D eigenvalue weighted by Gasteiger charge is 2.16. The summed E-state index contributed by atoms with van der Waals surface area (Å²) in [5.41, 5.74) is 0.0593. The summed E-state index contributed by atoms with van der Waals surface area (Å²) in [6, 6.07) is 4.38. The molecule has 0 radical (unpaired) electrons. The van der Waals surface area contributed by atoms with Crippen molar-refractivity contribution in [2.45, 2.75) is 26.3 Å². The molecule has 1 rings (SSSR count). The van der Waals surface area contributed by atoms with Crippen LogP contribution in [-0.2, 0) is 0 Å². The molecule has 0 spiro atoms. The van der Waals surface area contributed by atoms with Crippen LogP contribution in [0.25, 0.3) is 0 Å². The van der Waals surface area contributed by atoms with E-state index in [1.54, 1.807) is 6.07 Å². The average molecular weight is 271 g/mol. The number of hydrogen-bond donors (Lipinski definition) is 2. The zero-order chi connectivity index (χ0) is 13.5. The normalized spacial score (nSPS) is 12.2. The highest BCUT2D eigenvalue weighted by molar-refractivity contribution is 7.99. The second kappa shape index (κ2) is 7.26. The van der Waals surface area contributed by atoms with Gasteiger partial charge in [-0.1, -0.05) is 13.0 Å². The summed E-state index contributed by atoms with van der Waals surface area (Å²) in [5.74, 6) is 0.114. The molecule has 2 N–H and O–H groups in total. The van der Waals surface area contributed by atoms with Gasteiger partial charge in [-0.05, 0) is 37.0 Å². The summed E-state index contributed by atoms with van der Waals surface area (Å²) in [6.45, 7) is 4.06. The summed E-state index contributed by atoms with van der Waals surface area (Å²) in [7, 11) is 0. The van der Waals surface area contributed by atoms with Crippen molar-refractivity contribution in [3.05, 3.63) is 29.6 Å². The first-order chi connectivity index (χ1) is 8.56. The lowest BCUT2D eigenvalue weighted by molar-refractivity contribution is 0.0693. The third-order valence-corrected chi connectivity index (χ3v) is 3.46. The van der Waals surface area contributed by atoms with Crippen LogP contribution in [0.2, 0.25) is 0 Å². The van der Waals surface area contributed by atoms with E-state index >= 15 is 0 Å². The van der Waals surface area contributed by atoms with Crippen LogP contribution in [0.5, 0.6) is 0 Å². The molecule has 0 amide bonds. The Kier molecular flexibility index (Phi) is 5.98. The summed E-state index contributed by atoms with van der Waals surface area (Å²) in [5, 5.41) is 12.0. The Morgan fingerprint density at radius 1 is 1.56 bits per heavy atom. The van der Waals surface area contributed by atoms with Crippen molar-refractivity contribution >= 4 is 23.4 Å². The Labute approximate surface area is 111 Å². The van der Waals surface area contributed by atoms with Crippen LogP contribution in [0.4, 0.5) is 10.1 Å². The van der Waals surface area contributed by atoms with Gasteiger partial charge in [0.2, 0.25) is 0 Å².